The second-order valence-electron chi connectivity index (χ2n) is 5.87. The van der Waals surface area contributed by atoms with Crippen LogP contribution in [0.5, 0.6) is 0 Å². The average Bonchev–Trinajstić information content (AvgIpc) is 3.30. The predicted molar refractivity (Wildman–Crippen MR) is 97.8 cm³/mol. The first-order chi connectivity index (χ1) is 12.6. The molecule has 3 heterocycles. The number of nitrogens with zero attached hydrogens (tertiary/aromatic N) is 3. The molecule has 0 bridgehead atoms. The van der Waals surface area contributed by atoms with E-state index in [2.05, 4.69) is 15.5 Å². The van der Waals surface area contributed by atoms with E-state index in [1.165, 1.54) is 23.5 Å². The molecule has 0 saturated carbocycles. The van der Waals surface area contributed by atoms with Crippen molar-refractivity contribution >= 4 is 22.9 Å². The lowest BCUT2D eigenvalue weighted by atomic mass is 10.0. The summed E-state index contributed by atoms with van der Waals surface area (Å²) in [5, 5.41) is 13.0. The molecule has 7 heteroatoms. The third kappa shape index (κ3) is 3.09. The predicted octanol–water partition coefficient (Wildman–Crippen LogP) is 3.76. The molecule has 0 spiro atoms. The molecule has 1 atom stereocenters. The van der Waals surface area contributed by atoms with Gasteiger partial charge in [-0.25, -0.2) is 4.39 Å². The van der Waals surface area contributed by atoms with Crippen LogP contribution in [-0.2, 0) is 0 Å². The molecule has 0 aliphatic heterocycles. The Morgan fingerprint density at radius 1 is 1.15 bits per heavy atom. The first-order valence-electron chi connectivity index (χ1n) is 8.03. The van der Waals surface area contributed by atoms with Gasteiger partial charge in [0.15, 0.2) is 5.65 Å². The van der Waals surface area contributed by atoms with E-state index in [0.29, 0.717) is 17.0 Å². The van der Waals surface area contributed by atoms with Crippen molar-refractivity contribution in [1.82, 2.24) is 19.9 Å². The maximum Gasteiger partial charge on any atom is 0.253 e. The molecule has 5 nitrogen and oxygen atoms in total. The standard InChI is InChI=1S/C19H15FN4OS/c1-12-22-23-17-9-6-14(11-24(12)17)19(25)21-18(16-3-2-10-26-16)13-4-7-15(20)8-5-13/h2-11,18H,1H3,(H,21,25)/t18-/m0/s1. The molecule has 26 heavy (non-hydrogen) atoms. The minimum atomic E-state index is -0.346. The fourth-order valence-electron chi connectivity index (χ4n) is 2.78. The Balaban J connectivity index is 1.67. The van der Waals surface area contributed by atoms with Crippen LogP contribution in [0, 0.1) is 12.7 Å². The molecule has 4 rings (SSSR count). The van der Waals surface area contributed by atoms with Crippen molar-refractivity contribution in [3.05, 3.63) is 87.8 Å². The fraction of sp³-hybridized carbons (Fsp3) is 0.105. The Morgan fingerprint density at radius 2 is 1.96 bits per heavy atom. The van der Waals surface area contributed by atoms with Crippen molar-refractivity contribution in [2.75, 3.05) is 0 Å². The van der Waals surface area contributed by atoms with Crippen LogP contribution in [0.25, 0.3) is 5.65 Å². The van der Waals surface area contributed by atoms with Crippen LogP contribution in [0.2, 0.25) is 0 Å². The molecule has 4 aromatic rings. The molecule has 1 N–H and O–H groups in total. The van der Waals surface area contributed by atoms with Crippen LogP contribution >= 0.6 is 11.3 Å². The number of halogens is 1. The molecule has 0 aliphatic rings. The second-order valence-corrected chi connectivity index (χ2v) is 6.85. The van der Waals surface area contributed by atoms with Gasteiger partial charge < -0.3 is 5.32 Å². The Labute approximate surface area is 153 Å². The summed E-state index contributed by atoms with van der Waals surface area (Å²) >= 11 is 1.54. The van der Waals surface area contributed by atoms with E-state index in [0.717, 1.165) is 10.4 Å². The van der Waals surface area contributed by atoms with Crippen LogP contribution in [-0.4, -0.2) is 20.5 Å². The number of carbonyl (C=O) groups excluding carboxylic acids is 1. The molecule has 0 fully saturated rings. The zero-order chi connectivity index (χ0) is 18.1. The zero-order valence-corrected chi connectivity index (χ0v) is 14.7. The lowest BCUT2D eigenvalue weighted by Crippen LogP contribution is -2.29. The Hall–Kier alpha value is -3.06. The van der Waals surface area contributed by atoms with Gasteiger partial charge in [-0.15, -0.1) is 21.5 Å². The highest BCUT2D eigenvalue weighted by Crippen LogP contribution is 2.26. The lowest BCUT2D eigenvalue weighted by Gasteiger charge is -2.18. The quantitative estimate of drug-likeness (QED) is 0.598. The van der Waals surface area contributed by atoms with Crippen molar-refractivity contribution in [2.24, 2.45) is 0 Å². The zero-order valence-electron chi connectivity index (χ0n) is 13.9. The maximum atomic E-state index is 13.3. The second kappa shape index (κ2) is 6.68. The minimum Gasteiger partial charge on any atom is -0.340 e. The molecule has 0 saturated heterocycles. The number of carbonyl (C=O) groups is 1. The molecule has 0 aliphatic carbocycles. The Kier molecular flexibility index (Phi) is 4.22. The number of hydrogen-bond acceptors (Lipinski definition) is 4. The smallest absolute Gasteiger partial charge is 0.253 e. The van der Waals surface area contributed by atoms with E-state index < -0.39 is 0 Å². The number of pyridine rings is 1. The third-order valence-corrected chi connectivity index (χ3v) is 5.08. The van der Waals surface area contributed by atoms with Gasteiger partial charge in [0.1, 0.15) is 11.6 Å². The van der Waals surface area contributed by atoms with Gasteiger partial charge in [0.2, 0.25) is 0 Å². The van der Waals surface area contributed by atoms with E-state index in [-0.39, 0.29) is 17.8 Å². The highest BCUT2D eigenvalue weighted by atomic mass is 32.1. The van der Waals surface area contributed by atoms with E-state index in [4.69, 9.17) is 0 Å². The number of fused-ring (bicyclic) bond motifs is 1. The largest absolute Gasteiger partial charge is 0.340 e. The summed E-state index contributed by atoms with van der Waals surface area (Å²) in [4.78, 5) is 13.8. The normalized spacial score (nSPS) is 12.2. The van der Waals surface area contributed by atoms with Crippen molar-refractivity contribution in [3.8, 4) is 0 Å². The number of nitrogens with one attached hydrogen (secondary N) is 1. The van der Waals surface area contributed by atoms with Crippen molar-refractivity contribution in [2.45, 2.75) is 13.0 Å². The number of benzene rings is 1. The summed E-state index contributed by atoms with van der Waals surface area (Å²) in [5.41, 5.74) is 2.01. The van der Waals surface area contributed by atoms with E-state index in [1.54, 1.807) is 34.9 Å². The maximum absolute atomic E-state index is 13.3. The van der Waals surface area contributed by atoms with E-state index >= 15 is 0 Å². The number of rotatable bonds is 4. The molecule has 0 unspecified atom stereocenters. The summed E-state index contributed by atoms with van der Waals surface area (Å²) < 4.78 is 15.0. The molecular weight excluding hydrogens is 351 g/mol. The first kappa shape index (κ1) is 16.4. The third-order valence-electron chi connectivity index (χ3n) is 4.14. The minimum absolute atomic E-state index is 0.220. The average molecular weight is 366 g/mol. The van der Waals surface area contributed by atoms with Crippen LogP contribution in [0.4, 0.5) is 4.39 Å². The summed E-state index contributed by atoms with van der Waals surface area (Å²) in [5.74, 6) is 0.184. The van der Waals surface area contributed by atoms with Crippen LogP contribution < -0.4 is 5.32 Å². The van der Waals surface area contributed by atoms with Crippen LogP contribution in [0.15, 0.2) is 60.1 Å². The van der Waals surface area contributed by atoms with Crippen molar-refractivity contribution in [1.29, 1.82) is 0 Å². The number of thiophene rings is 1. The number of aryl methyl sites for hydroxylation is 1. The summed E-state index contributed by atoms with van der Waals surface area (Å²) in [7, 11) is 0. The topological polar surface area (TPSA) is 59.3 Å². The molecule has 3 aromatic heterocycles. The van der Waals surface area contributed by atoms with Gasteiger partial charge in [-0.05, 0) is 48.2 Å². The number of aromatic nitrogens is 3. The first-order valence-corrected chi connectivity index (χ1v) is 8.91. The Bertz CT molecular complexity index is 1060. The highest BCUT2D eigenvalue weighted by Gasteiger charge is 2.19. The van der Waals surface area contributed by atoms with E-state index in [9.17, 15) is 9.18 Å². The van der Waals surface area contributed by atoms with E-state index in [1.807, 2.05) is 24.4 Å². The van der Waals surface area contributed by atoms with Gasteiger partial charge in [0.25, 0.3) is 5.91 Å². The van der Waals surface area contributed by atoms with Crippen molar-refractivity contribution in [3.63, 3.8) is 0 Å². The highest BCUT2D eigenvalue weighted by molar-refractivity contribution is 7.10. The summed E-state index contributed by atoms with van der Waals surface area (Å²) in [6.07, 6.45) is 1.72. The summed E-state index contributed by atoms with van der Waals surface area (Å²) in [6.45, 7) is 1.83. The van der Waals surface area contributed by atoms with Gasteiger partial charge in [-0.1, -0.05) is 18.2 Å². The Morgan fingerprint density at radius 3 is 2.69 bits per heavy atom. The monoisotopic (exact) mass is 366 g/mol. The van der Waals surface area contributed by atoms with Gasteiger partial charge >= 0.3 is 0 Å². The molecule has 1 aromatic carbocycles. The molecular formula is C19H15FN4OS. The molecule has 1 amide bonds. The lowest BCUT2D eigenvalue weighted by molar-refractivity contribution is 0.0943. The van der Waals surface area contributed by atoms with Crippen molar-refractivity contribution < 1.29 is 9.18 Å². The molecule has 0 radical (unpaired) electrons. The van der Waals surface area contributed by atoms with Gasteiger partial charge in [0.05, 0.1) is 11.6 Å². The molecule has 130 valence electrons. The van der Waals surface area contributed by atoms with Gasteiger partial charge in [0, 0.05) is 11.1 Å². The van der Waals surface area contributed by atoms with Gasteiger partial charge in [-0.2, -0.15) is 0 Å². The fourth-order valence-corrected chi connectivity index (χ4v) is 3.59. The summed E-state index contributed by atoms with van der Waals surface area (Å²) in [6, 6.07) is 13.2. The number of hydrogen-bond donors (Lipinski definition) is 1. The SMILES string of the molecule is Cc1nnc2ccc(C(=O)N[C@@H](c3ccc(F)cc3)c3cccs3)cn12. The van der Waals surface area contributed by atoms with Crippen LogP contribution in [0.1, 0.15) is 32.7 Å². The van der Waals surface area contributed by atoms with Gasteiger partial charge in [-0.3, -0.25) is 9.20 Å². The van der Waals surface area contributed by atoms with Crippen LogP contribution in [0.3, 0.4) is 0 Å². The number of amides is 1.